The number of benzene rings is 1. The molecule has 0 aliphatic carbocycles. The number of halogens is 1. The van der Waals surface area contributed by atoms with Gasteiger partial charge in [-0.2, -0.15) is 4.31 Å². The molecule has 1 aromatic heterocycles. The predicted octanol–water partition coefficient (Wildman–Crippen LogP) is 4.34. The molecule has 1 unspecified atom stereocenters. The van der Waals surface area contributed by atoms with Crippen LogP contribution in [0.2, 0.25) is 0 Å². The zero-order chi connectivity index (χ0) is 15.0. The normalized spacial score (nSPS) is 20.0. The predicted molar refractivity (Wildman–Crippen MR) is 89.1 cm³/mol. The fourth-order valence-electron chi connectivity index (χ4n) is 2.79. The number of hydrogen-bond donors (Lipinski definition) is 0. The van der Waals surface area contributed by atoms with Crippen LogP contribution >= 0.6 is 27.3 Å². The molecule has 0 spiro atoms. The fraction of sp³-hybridized carbons (Fsp3) is 0.333. The smallest absolute Gasteiger partial charge is 0.206 e. The maximum atomic E-state index is 12.8. The van der Waals surface area contributed by atoms with Crippen molar-refractivity contribution < 1.29 is 8.42 Å². The Morgan fingerprint density at radius 1 is 1.29 bits per heavy atom. The maximum Gasteiger partial charge on any atom is 0.253 e. The second kappa shape index (κ2) is 5.83. The summed E-state index contributed by atoms with van der Waals surface area (Å²) in [5.41, 5.74) is 2.25. The summed E-state index contributed by atoms with van der Waals surface area (Å²) in [5, 5.41) is 0. The topological polar surface area (TPSA) is 37.4 Å². The van der Waals surface area contributed by atoms with Crippen LogP contribution in [0.25, 0.3) is 0 Å². The molecule has 1 atom stereocenters. The van der Waals surface area contributed by atoms with Gasteiger partial charge in [0.05, 0.1) is 9.83 Å². The maximum absolute atomic E-state index is 12.8. The van der Waals surface area contributed by atoms with Gasteiger partial charge in [-0.15, -0.1) is 11.3 Å². The van der Waals surface area contributed by atoms with E-state index in [9.17, 15) is 8.42 Å². The molecule has 0 saturated carbocycles. The average Bonchev–Trinajstić information content (AvgIpc) is 3.07. The summed E-state index contributed by atoms with van der Waals surface area (Å²) in [6.45, 7) is 2.63. The summed E-state index contributed by atoms with van der Waals surface area (Å²) in [4.78, 5) is 0. The molecule has 6 heteroatoms. The van der Waals surface area contributed by atoms with Gasteiger partial charge >= 0.3 is 0 Å². The van der Waals surface area contributed by atoms with Crippen molar-refractivity contribution in [2.45, 2.75) is 30.0 Å². The number of aryl methyl sites for hydroxylation is 1. The van der Waals surface area contributed by atoms with Gasteiger partial charge in [-0.1, -0.05) is 29.8 Å². The molecule has 1 saturated heterocycles. The van der Waals surface area contributed by atoms with Crippen LogP contribution in [0.3, 0.4) is 0 Å². The monoisotopic (exact) mass is 385 g/mol. The first-order valence-electron chi connectivity index (χ1n) is 6.82. The van der Waals surface area contributed by atoms with Gasteiger partial charge in [0.15, 0.2) is 0 Å². The van der Waals surface area contributed by atoms with Crippen molar-refractivity contribution in [1.82, 2.24) is 4.31 Å². The van der Waals surface area contributed by atoms with Crippen molar-refractivity contribution in [3.63, 3.8) is 0 Å². The van der Waals surface area contributed by atoms with E-state index < -0.39 is 10.0 Å². The van der Waals surface area contributed by atoms with Crippen LogP contribution in [0.5, 0.6) is 0 Å². The summed E-state index contributed by atoms with van der Waals surface area (Å²) < 4.78 is 28.6. The third-order valence-corrected chi connectivity index (χ3v) is 7.74. The lowest BCUT2D eigenvalue weighted by Gasteiger charge is -2.24. The van der Waals surface area contributed by atoms with Gasteiger partial charge in [0.2, 0.25) is 0 Å². The largest absolute Gasteiger partial charge is 0.253 e. The van der Waals surface area contributed by atoms with E-state index in [0.717, 1.165) is 27.8 Å². The highest BCUT2D eigenvalue weighted by molar-refractivity contribution is 9.11. The fourth-order valence-corrected chi connectivity index (χ4v) is 6.61. The molecule has 1 aliphatic heterocycles. The Bertz CT molecular complexity index is 755. The first kappa shape index (κ1) is 15.2. The minimum absolute atomic E-state index is 0.0456. The molecule has 0 amide bonds. The van der Waals surface area contributed by atoms with Gasteiger partial charge in [0.25, 0.3) is 10.0 Å². The molecule has 2 aromatic rings. The van der Waals surface area contributed by atoms with Gasteiger partial charge in [0, 0.05) is 6.54 Å². The lowest BCUT2D eigenvalue weighted by atomic mass is 10.0. The molecule has 1 aromatic carbocycles. The Labute approximate surface area is 137 Å². The van der Waals surface area contributed by atoms with Gasteiger partial charge < -0.3 is 0 Å². The Balaban J connectivity index is 1.97. The van der Waals surface area contributed by atoms with Gasteiger partial charge in [0.1, 0.15) is 4.21 Å². The van der Waals surface area contributed by atoms with E-state index >= 15 is 0 Å². The molecule has 21 heavy (non-hydrogen) atoms. The third-order valence-electron chi connectivity index (χ3n) is 3.74. The molecule has 2 heterocycles. The molecular weight excluding hydrogens is 370 g/mol. The van der Waals surface area contributed by atoms with Crippen LogP contribution in [0.4, 0.5) is 0 Å². The lowest BCUT2D eigenvalue weighted by molar-refractivity contribution is 0.398. The van der Waals surface area contributed by atoms with Crippen LogP contribution in [0, 0.1) is 6.92 Å². The van der Waals surface area contributed by atoms with E-state index in [4.69, 9.17) is 0 Å². The van der Waals surface area contributed by atoms with E-state index in [1.807, 2.05) is 25.1 Å². The second-order valence-electron chi connectivity index (χ2n) is 5.25. The average molecular weight is 386 g/mol. The first-order chi connectivity index (χ1) is 9.98. The molecule has 0 N–H and O–H groups in total. The van der Waals surface area contributed by atoms with Crippen LogP contribution in [0.1, 0.15) is 30.0 Å². The lowest BCUT2D eigenvalue weighted by Crippen LogP contribution is -2.30. The molecule has 0 bridgehead atoms. The highest BCUT2D eigenvalue weighted by atomic mass is 79.9. The number of nitrogens with zero attached hydrogens (tertiary/aromatic N) is 1. The molecule has 3 rings (SSSR count). The van der Waals surface area contributed by atoms with Gasteiger partial charge in [-0.05, 0) is 53.4 Å². The van der Waals surface area contributed by atoms with Crippen molar-refractivity contribution >= 4 is 37.3 Å². The Kier molecular flexibility index (Phi) is 4.23. The Hall–Kier alpha value is -0.690. The van der Waals surface area contributed by atoms with E-state index in [1.165, 1.54) is 11.3 Å². The van der Waals surface area contributed by atoms with Crippen molar-refractivity contribution in [3.8, 4) is 0 Å². The summed E-state index contributed by atoms with van der Waals surface area (Å²) >= 11 is 4.61. The van der Waals surface area contributed by atoms with E-state index in [1.54, 1.807) is 16.4 Å². The van der Waals surface area contributed by atoms with E-state index in [2.05, 4.69) is 22.0 Å². The molecule has 1 aliphatic rings. The zero-order valence-corrected chi connectivity index (χ0v) is 14.8. The highest BCUT2D eigenvalue weighted by Crippen LogP contribution is 2.38. The Morgan fingerprint density at radius 2 is 2.10 bits per heavy atom. The number of rotatable bonds is 3. The minimum atomic E-state index is -3.41. The summed E-state index contributed by atoms with van der Waals surface area (Å²) in [6.07, 6.45) is 1.79. The van der Waals surface area contributed by atoms with Crippen LogP contribution in [-0.2, 0) is 10.0 Å². The first-order valence-corrected chi connectivity index (χ1v) is 9.87. The summed E-state index contributed by atoms with van der Waals surface area (Å²) in [7, 11) is -3.41. The molecular formula is C15H16BrNO2S2. The van der Waals surface area contributed by atoms with Crippen LogP contribution < -0.4 is 0 Å². The van der Waals surface area contributed by atoms with Crippen LogP contribution in [0.15, 0.2) is 44.4 Å². The van der Waals surface area contributed by atoms with Crippen molar-refractivity contribution in [1.29, 1.82) is 0 Å². The van der Waals surface area contributed by atoms with Crippen LogP contribution in [-0.4, -0.2) is 19.3 Å². The standard InChI is InChI=1S/C15H16BrNO2S2/c1-11-4-2-5-12(10-11)13-6-3-9-17(13)21(18,19)15-8-7-14(16)20-15/h2,4-5,7-8,10,13H,3,6,9H2,1H3. The number of thiophene rings is 1. The zero-order valence-electron chi connectivity index (χ0n) is 11.6. The van der Waals surface area contributed by atoms with Crippen molar-refractivity contribution in [3.05, 3.63) is 51.3 Å². The van der Waals surface area contributed by atoms with Crippen molar-refractivity contribution in [2.24, 2.45) is 0 Å². The third kappa shape index (κ3) is 2.95. The second-order valence-corrected chi connectivity index (χ2v) is 9.83. The SMILES string of the molecule is Cc1cccc(C2CCCN2S(=O)(=O)c2ccc(Br)s2)c1. The molecule has 0 radical (unpaired) electrons. The van der Waals surface area contributed by atoms with E-state index in [0.29, 0.717) is 10.8 Å². The van der Waals surface area contributed by atoms with Gasteiger partial charge in [-0.3, -0.25) is 0 Å². The highest BCUT2D eigenvalue weighted by Gasteiger charge is 2.36. The van der Waals surface area contributed by atoms with Crippen molar-refractivity contribution in [2.75, 3.05) is 6.54 Å². The van der Waals surface area contributed by atoms with E-state index in [-0.39, 0.29) is 6.04 Å². The minimum Gasteiger partial charge on any atom is -0.206 e. The summed E-state index contributed by atoms with van der Waals surface area (Å²) in [5.74, 6) is 0. The van der Waals surface area contributed by atoms with Gasteiger partial charge in [-0.25, -0.2) is 8.42 Å². The summed E-state index contributed by atoms with van der Waals surface area (Å²) in [6, 6.07) is 11.6. The molecule has 112 valence electrons. The Morgan fingerprint density at radius 3 is 2.76 bits per heavy atom. The quantitative estimate of drug-likeness (QED) is 0.787. The number of sulfonamides is 1. The molecule has 1 fully saturated rings. The molecule has 3 nitrogen and oxygen atoms in total. The number of hydrogen-bond acceptors (Lipinski definition) is 3.